The molecule has 1 aromatic heterocycles. The van der Waals surface area contributed by atoms with Crippen LogP contribution < -0.4 is 4.74 Å². The van der Waals surface area contributed by atoms with Crippen LogP contribution in [-0.2, 0) is 0 Å². The Morgan fingerprint density at radius 1 is 1.29 bits per heavy atom. The summed E-state index contributed by atoms with van der Waals surface area (Å²) in [5.41, 5.74) is 0.894. The van der Waals surface area contributed by atoms with Crippen molar-refractivity contribution >= 4 is 6.21 Å². The lowest BCUT2D eigenvalue weighted by atomic mass is 10.0. The first-order valence-electron chi connectivity index (χ1n) is 7.12. The predicted molar refractivity (Wildman–Crippen MR) is 80.5 cm³/mol. The van der Waals surface area contributed by atoms with Gasteiger partial charge in [-0.05, 0) is 37.1 Å². The van der Waals surface area contributed by atoms with Crippen LogP contribution in [0.5, 0.6) is 5.75 Å². The molecule has 0 bridgehead atoms. The van der Waals surface area contributed by atoms with Gasteiger partial charge in [-0.15, -0.1) is 0 Å². The van der Waals surface area contributed by atoms with Gasteiger partial charge in [0.25, 0.3) is 5.89 Å². The summed E-state index contributed by atoms with van der Waals surface area (Å²) >= 11 is 0. The van der Waals surface area contributed by atoms with E-state index in [9.17, 15) is 0 Å². The molecule has 2 heterocycles. The highest BCUT2D eigenvalue weighted by Gasteiger charge is 2.17. The van der Waals surface area contributed by atoms with Crippen molar-refractivity contribution < 1.29 is 9.26 Å². The van der Waals surface area contributed by atoms with E-state index < -0.39 is 0 Å². The third kappa shape index (κ3) is 3.18. The molecule has 0 saturated heterocycles. The second-order valence-electron chi connectivity index (χ2n) is 4.85. The molecule has 0 amide bonds. The zero-order chi connectivity index (χ0) is 14.5. The zero-order valence-corrected chi connectivity index (χ0v) is 11.9. The molecule has 0 fully saturated rings. The van der Waals surface area contributed by atoms with Crippen LogP contribution in [0.2, 0.25) is 0 Å². The van der Waals surface area contributed by atoms with Crippen LogP contribution in [0.15, 0.2) is 46.1 Å². The summed E-state index contributed by atoms with van der Waals surface area (Å²) in [7, 11) is 0. The molecule has 108 valence electrons. The molecule has 5 nitrogen and oxygen atoms in total. The highest BCUT2D eigenvalue weighted by atomic mass is 16.5. The summed E-state index contributed by atoms with van der Waals surface area (Å²) in [6, 6.07) is 7.70. The van der Waals surface area contributed by atoms with Crippen LogP contribution >= 0.6 is 0 Å². The topological polar surface area (TPSA) is 60.5 Å². The van der Waals surface area contributed by atoms with Crippen LogP contribution in [0.3, 0.4) is 0 Å². The Balaban J connectivity index is 1.73. The van der Waals surface area contributed by atoms with Crippen molar-refractivity contribution in [2.24, 2.45) is 4.99 Å². The van der Waals surface area contributed by atoms with Gasteiger partial charge in [-0.25, -0.2) is 0 Å². The SMILES string of the molecule is CCCOc1ccc(-c2nc(C3C=CN=CC3)no2)cc1. The Labute approximate surface area is 123 Å². The first kappa shape index (κ1) is 13.5. The number of nitrogens with zero attached hydrogens (tertiary/aromatic N) is 3. The molecular weight excluding hydrogens is 266 g/mol. The molecule has 0 radical (unpaired) electrons. The summed E-state index contributed by atoms with van der Waals surface area (Å²) in [5, 5.41) is 4.06. The van der Waals surface area contributed by atoms with Gasteiger partial charge in [0, 0.05) is 23.9 Å². The molecule has 1 atom stereocenters. The smallest absolute Gasteiger partial charge is 0.257 e. The molecule has 21 heavy (non-hydrogen) atoms. The first-order chi connectivity index (χ1) is 10.4. The zero-order valence-electron chi connectivity index (χ0n) is 11.9. The van der Waals surface area contributed by atoms with Crippen LogP contribution in [0.4, 0.5) is 0 Å². The Kier molecular flexibility index (Phi) is 4.09. The number of aromatic nitrogens is 2. The molecule has 0 spiro atoms. The fourth-order valence-electron chi connectivity index (χ4n) is 2.08. The second-order valence-corrected chi connectivity index (χ2v) is 4.85. The summed E-state index contributed by atoms with van der Waals surface area (Å²) < 4.78 is 10.9. The standard InChI is InChI=1S/C16H17N3O2/c1-2-11-20-14-5-3-13(4-6-14)16-18-15(19-21-16)12-7-9-17-10-8-12/h3-7,9-10,12H,2,8,11H2,1H3. The largest absolute Gasteiger partial charge is 0.494 e. The highest BCUT2D eigenvalue weighted by Crippen LogP contribution is 2.25. The second kappa shape index (κ2) is 6.35. The van der Waals surface area contributed by atoms with Crippen molar-refractivity contribution in [3.63, 3.8) is 0 Å². The number of rotatable bonds is 5. The fraction of sp³-hybridized carbons (Fsp3) is 0.312. The van der Waals surface area contributed by atoms with E-state index in [2.05, 4.69) is 22.1 Å². The number of aliphatic imine (C=N–C) groups is 1. The third-order valence-electron chi connectivity index (χ3n) is 3.22. The third-order valence-corrected chi connectivity index (χ3v) is 3.22. The maximum Gasteiger partial charge on any atom is 0.257 e. The molecule has 1 aliphatic heterocycles. The monoisotopic (exact) mass is 283 g/mol. The van der Waals surface area contributed by atoms with Gasteiger partial charge < -0.3 is 9.26 Å². The van der Waals surface area contributed by atoms with E-state index in [1.807, 2.05) is 36.6 Å². The van der Waals surface area contributed by atoms with Crippen molar-refractivity contribution in [1.82, 2.24) is 10.1 Å². The van der Waals surface area contributed by atoms with Crippen molar-refractivity contribution in [2.75, 3.05) is 6.61 Å². The summed E-state index contributed by atoms with van der Waals surface area (Å²) in [4.78, 5) is 8.51. The number of benzene rings is 1. The van der Waals surface area contributed by atoms with Gasteiger partial charge in [0.05, 0.1) is 6.61 Å². The Morgan fingerprint density at radius 3 is 2.86 bits per heavy atom. The van der Waals surface area contributed by atoms with Gasteiger partial charge in [-0.1, -0.05) is 18.2 Å². The average Bonchev–Trinajstić information content (AvgIpc) is 3.04. The summed E-state index contributed by atoms with van der Waals surface area (Å²) in [5.74, 6) is 2.22. The lowest BCUT2D eigenvalue weighted by Gasteiger charge is -2.06. The lowest BCUT2D eigenvalue weighted by molar-refractivity contribution is 0.317. The average molecular weight is 283 g/mol. The fourth-order valence-corrected chi connectivity index (χ4v) is 2.08. The normalized spacial score (nSPS) is 17.1. The Bertz CT molecular complexity index is 644. The molecule has 1 unspecified atom stereocenters. The molecule has 0 saturated carbocycles. The van der Waals surface area contributed by atoms with Crippen molar-refractivity contribution in [1.29, 1.82) is 0 Å². The van der Waals surface area contributed by atoms with E-state index >= 15 is 0 Å². The molecule has 1 aromatic carbocycles. The molecule has 3 rings (SSSR count). The lowest BCUT2D eigenvalue weighted by Crippen LogP contribution is -2.01. The van der Waals surface area contributed by atoms with Gasteiger partial charge in [0.2, 0.25) is 0 Å². The quantitative estimate of drug-likeness (QED) is 0.841. The maximum atomic E-state index is 5.56. The first-order valence-corrected chi connectivity index (χ1v) is 7.12. The van der Waals surface area contributed by atoms with Gasteiger partial charge in [-0.2, -0.15) is 4.98 Å². The molecule has 2 aromatic rings. The van der Waals surface area contributed by atoms with Crippen LogP contribution in [-0.4, -0.2) is 23.0 Å². The van der Waals surface area contributed by atoms with Gasteiger partial charge in [0.15, 0.2) is 5.82 Å². The van der Waals surface area contributed by atoms with Gasteiger partial charge >= 0.3 is 0 Å². The summed E-state index contributed by atoms with van der Waals surface area (Å²) in [6.07, 6.45) is 7.41. The molecule has 0 N–H and O–H groups in total. The minimum absolute atomic E-state index is 0.146. The number of allylic oxidation sites excluding steroid dienone is 1. The van der Waals surface area contributed by atoms with E-state index in [0.29, 0.717) is 11.7 Å². The minimum atomic E-state index is 0.146. The maximum absolute atomic E-state index is 5.56. The van der Waals surface area contributed by atoms with E-state index in [4.69, 9.17) is 9.26 Å². The van der Waals surface area contributed by atoms with Crippen LogP contribution in [0, 0.1) is 0 Å². The number of ether oxygens (including phenoxy) is 1. The number of hydrogen-bond donors (Lipinski definition) is 0. The summed E-state index contributed by atoms with van der Waals surface area (Å²) in [6.45, 7) is 2.80. The molecule has 1 aliphatic rings. The van der Waals surface area contributed by atoms with Crippen LogP contribution in [0.1, 0.15) is 31.5 Å². The van der Waals surface area contributed by atoms with Gasteiger partial charge in [0.1, 0.15) is 5.75 Å². The van der Waals surface area contributed by atoms with E-state index in [1.165, 1.54) is 0 Å². The van der Waals surface area contributed by atoms with E-state index in [1.54, 1.807) is 6.20 Å². The Hall–Kier alpha value is -2.43. The van der Waals surface area contributed by atoms with Crippen molar-refractivity contribution in [2.45, 2.75) is 25.7 Å². The number of hydrogen-bond acceptors (Lipinski definition) is 5. The Morgan fingerprint density at radius 2 is 2.14 bits per heavy atom. The van der Waals surface area contributed by atoms with E-state index in [-0.39, 0.29) is 5.92 Å². The molecular formula is C16H17N3O2. The highest BCUT2D eigenvalue weighted by molar-refractivity contribution is 5.61. The van der Waals surface area contributed by atoms with Crippen LogP contribution in [0.25, 0.3) is 11.5 Å². The van der Waals surface area contributed by atoms with Crippen molar-refractivity contribution in [3.05, 3.63) is 42.4 Å². The van der Waals surface area contributed by atoms with Gasteiger partial charge in [-0.3, -0.25) is 4.99 Å². The minimum Gasteiger partial charge on any atom is -0.494 e. The molecule has 5 heteroatoms. The predicted octanol–water partition coefficient (Wildman–Crippen LogP) is 3.60. The van der Waals surface area contributed by atoms with Crippen molar-refractivity contribution in [3.8, 4) is 17.2 Å². The molecule has 0 aliphatic carbocycles. The van der Waals surface area contributed by atoms with E-state index in [0.717, 1.165) is 30.8 Å².